The van der Waals surface area contributed by atoms with Gasteiger partial charge in [-0.15, -0.1) is 0 Å². The van der Waals surface area contributed by atoms with Crippen molar-refractivity contribution in [1.82, 2.24) is 10.2 Å². The molecule has 0 spiro atoms. The Morgan fingerprint density at radius 2 is 1.80 bits per heavy atom. The van der Waals surface area contributed by atoms with Crippen molar-refractivity contribution in [3.63, 3.8) is 0 Å². The van der Waals surface area contributed by atoms with Crippen LogP contribution in [0.1, 0.15) is 5.56 Å². The first-order valence-corrected chi connectivity index (χ1v) is 9.56. The highest BCUT2D eigenvalue weighted by molar-refractivity contribution is 6.30. The second-order valence-electron chi connectivity index (χ2n) is 6.46. The van der Waals surface area contributed by atoms with Crippen molar-refractivity contribution in [1.29, 1.82) is 0 Å². The van der Waals surface area contributed by atoms with Gasteiger partial charge in [-0.25, -0.2) is 0 Å². The number of para-hydroxylation sites is 2. The average molecular weight is 423 g/mol. The highest BCUT2D eigenvalue weighted by Crippen LogP contribution is 2.39. The lowest BCUT2D eigenvalue weighted by Gasteiger charge is -2.12. The number of rotatable bonds is 7. The van der Waals surface area contributed by atoms with Crippen LogP contribution in [-0.4, -0.2) is 22.4 Å². The van der Waals surface area contributed by atoms with E-state index in [2.05, 4.69) is 10.2 Å². The van der Waals surface area contributed by atoms with Gasteiger partial charge in [0.1, 0.15) is 23.8 Å². The van der Waals surface area contributed by atoms with Crippen LogP contribution in [0.5, 0.6) is 28.7 Å². The van der Waals surface area contributed by atoms with Crippen LogP contribution in [0.2, 0.25) is 5.02 Å². The predicted octanol–water partition coefficient (Wildman–Crippen LogP) is 5.82. The van der Waals surface area contributed by atoms with Gasteiger partial charge in [0.25, 0.3) is 0 Å². The van der Waals surface area contributed by atoms with Crippen molar-refractivity contribution in [3.05, 3.63) is 83.5 Å². The first kappa shape index (κ1) is 19.7. The van der Waals surface area contributed by atoms with E-state index in [0.29, 0.717) is 45.9 Å². The summed E-state index contributed by atoms with van der Waals surface area (Å²) in [5.74, 6) is 2.17. The molecule has 3 aromatic carbocycles. The van der Waals surface area contributed by atoms with Crippen molar-refractivity contribution >= 4 is 11.6 Å². The first-order chi connectivity index (χ1) is 14.6. The average Bonchev–Trinajstić information content (AvgIpc) is 3.20. The number of nitrogens with zero attached hydrogens (tertiary/aromatic N) is 1. The SMILES string of the molecule is COc1ccccc1Oc1cn[nH]c1-c1ccc(OCc2cccc(Cl)c2)cc1O. The molecule has 0 amide bonds. The van der Waals surface area contributed by atoms with Gasteiger partial charge in [0.2, 0.25) is 0 Å². The Labute approximate surface area is 178 Å². The molecule has 1 heterocycles. The van der Waals surface area contributed by atoms with Gasteiger partial charge >= 0.3 is 0 Å². The number of nitrogens with one attached hydrogen (secondary N) is 1. The number of phenolic OH excluding ortho intramolecular Hbond substituents is 1. The van der Waals surface area contributed by atoms with Crippen molar-refractivity contribution in [2.24, 2.45) is 0 Å². The standard InChI is InChI=1S/C23H19ClN2O4/c1-28-20-7-2-3-8-21(20)30-22-13-25-26-23(22)18-10-9-17(12-19(18)27)29-14-15-5-4-6-16(24)11-15/h2-13,27H,14H2,1H3,(H,25,26). The number of halogens is 1. The normalized spacial score (nSPS) is 10.6. The second kappa shape index (κ2) is 8.80. The minimum Gasteiger partial charge on any atom is -0.507 e. The molecule has 4 rings (SSSR count). The van der Waals surface area contributed by atoms with E-state index < -0.39 is 0 Å². The molecular weight excluding hydrogens is 404 g/mol. The van der Waals surface area contributed by atoms with Crippen LogP contribution in [0, 0.1) is 0 Å². The molecule has 0 saturated carbocycles. The third-order valence-corrected chi connectivity index (χ3v) is 4.66. The van der Waals surface area contributed by atoms with E-state index in [0.717, 1.165) is 5.56 Å². The number of hydrogen-bond acceptors (Lipinski definition) is 5. The maximum atomic E-state index is 10.6. The quantitative estimate of drug-likeness (QED) is 0.392. The number of aromatic amines is 1. The minimum absolute atomic E-state index is 0.0349. The summed E-state index contributed by atoms with van der Waals surface area (Å²) in [5.41, 5.74) is 2.01. The smallest absolute Gasteiger partial charge is 0.173 e. The number of aromatic hydroxyl groups is 1. The molecule has 0 saturated heterocycles. The predicted molar refractivity (Wildman–Crippen MR) is 115 cm³/mol. The Balaban J connectivity index is 1.53. The molecule has 152 valence electrons. The summed E-state index contributed by atoms with van der Waals surface area (Å²) in [6, 6.07) is 19.8. The molecular formula is C23H19ClN2O4. The molecule has 2 N–H and O–H groups in total. The van der Waals surface area contributed by atoms with Crippen LogP contribution in [0.15, 0.2) is 72.9 Å². The van der Waals surface area contributed by atoms with Gasteiger partial charge < -0.3 is 19.3 Å². The van der Waals surface area contributed by atoms with Gasteiger partial charge in [0.05, 0.1) is 13.3 Å². The van der Waals surface area contributed by atoms with Crippen LogP contribution >= 0.6 is 11.6 Å². The largest absolute Gasteiger partial charge is 0.507 e. The summed E-state index contributed by atoms with van der Waals surface area (Å²) in [6.07, 6.45) is 1.55. The topological polar surface area (TPSA) is 76.6 Å². The summed E-state index contributed by atoms with van der Waals surface area (Å²) in [6.45, 7) is 0.339. The molecule has 6 nitrogen and oxygen atoms in total. The fraction of sp³-hybridized carbons (Fsp3) is 0.0870. The molecule has 0 aliphatic heterocycles. The lowest BCUT2D eigenvalue weighted by Crippen LogP contribution is -1.95. The van der Waals surface area contributed by atoms with E-state index in [1.807, 2.05) is 30.3 Å². The highest BCUT2D eigenvalue weighted by atomic mass is 35.5. The molecule has 0 atom stereocenters. The van der Waals surface area contributed by atoms with Crippen LogP contribution in [0.4, 0.5) is 0 Å². The summed E-state index contributed by atoms with van der Waals surface area (Å²) in [5, 5.41) is 18.1. The molecule has 7 heteroatoms. The van der Waals surface area contributed by atoms with Gasteiger partial charge in [0, 0.05) is 16.7 Å². The van der Waals surface area contributed by atoms with Crippen LogP contribution < -0.4 is 14.2 Å². The number of hydrogen-bond donors (Lipinski definition) is 2. The summed E-state index contributed by atoms with van der Waals surface area (Å²) < 4.78 is 17.0. The molecule has 0 unspecified atom stereocenters. The number of benzene rings is 3. The van der Waals surface area contributed by atoms with Gasteiger partial charge in [-0.2, -0.15) is 5.10 Å². The summed E-state index contributed by atoms with van der Waals surface area (Å²) in [7, 11) is 1.58. The Morgan fingerprint density at radius 3 is 2.57 bits per heavy atom. The molecule has 4 aromatic rings. The highest BCUT2D eigenvalue weighted by Gasteiger charge is 2.16. The lowest BCUT2D eigenvalue weighted by molar-refractivity contribution is 0.304. The number of phenols is 1. The summed E-state index contributed by atoms with van der Waals surface area (Å²) in [4.78, 5) is 0. The Morgan fingerprint density at radius 1 is 0.967 bits per heavy atom. The van der Waals surface area contributed by atoms with Crippen molar-refractivity contribution in [3.8, 4) is 40.0 Å². The van der Waals surface area contributed by atoms with Crippen LogP contribution in [0.3, 0.4) is 0 Å². The van der Waals surface area contributed by atoms with Gasteiger partial charge in [-0.05, 0) is 42.0 Å². The van der Waals surface area contributed by atoms with E-state index in [-0.39, 0.29) is 5.75 Å². The number of aromatic nitrogens is 2. The van der Waals surface area contributed by atoms with Crippen molar-refractivity contribution in [2.45, 2.75) is 6.61 Å². The zero-order valence-electron chi connectivity index (χ0n) is 16.1. The third kappa shape index (κ3) is 4.34. The Hall–Kier alpha value is -3.64. The van der Waals surface area contributed by atoms with E-state index in [1.54, 1.807) is 49.7 Å². The molecule has 0 bridgehead atoms. The van der Waals surface area contributed by atoms with Crippen LogP contribution in [0.25, 0.3) is 11.3 Å². The molecule has 0 aliphatic carbocycles. The van der Waals surface area contributed by atoms with Gasteiger partial charge in [0.15, 0.2) is 17.2 Å². The van der Waals surface area contributed by atoms with E-state index in [9.17, 15) is 5.11 Å². The second-order valence-corrected chi connectivity index (χ2v) is 6.90. The van der Waals surface area contributed by atoms with E-state index >= 15 is 0 Å². The number of methoxy groups -OCH3 is 1. The maximum absolute atomic E-state index is 10.6. The lowest BCUT2D eigenvalue weighted by atomic mass is 10.1. The fourth-order valence-corrected chi connectivity index (χ4v) is 3.19. The molecule has 30 heavy (non-hydrogen) atoms. The Kier molecular flexibility index (Phi) is 5.77. The van der Waals surface area contributed by atoms with Crippen LogP contribution in [-0.2, 0) is 6.61 Å². The monoisotopic (exact) mass is 422 g/mol. The zero-order chi connectivity index (χ0) is 20.9. The number of ether oxygens (including phenoxy) is 3. The summed E-state index contributed by atoms with van der Waals surface area (Å²) >= 11 is 6.00. The zero-order valence-corrected chi connectivity index (χ0v) is 16.9. The molecule has 0 aliphatic rings. The molecule has 0 radical (unpaired) electrons. The molecule has 0 fully saturated rings. The van der Waals surface area contributed by atoms with Gasteiger partial charge in [-0.3, -0.25) is 5.10 Å². The van der Waals surface area contributed by atoms with E-state index in [1.165, 1.54) is 0 Å². The van der Waals surface area contributed by atoms with Crippen molar-refractivity contribution in [2.75, 3.05) is 7.11 Å². The molecule has 1 aromatic heterocycles. The third-order valence-electron chi connectivity index (χ3n) is 4.43. The van der Waals surface area contributed by atoms with Crippen molar-refractivity contribution < 1.29 is 19.3 Å². The maximum Gasteiger partial charge on any atom is 0.173 e. The fourth-order valence-electron chi connectivity index (χ4n) is 2.97. The first-order valence-electron chi connectivity index (χ1n) is 9.19. The number of H-pyrrole nitrogens is 1. The minimum atomic E-state index is 0.0349. The van der Waals surface area contributed by atoms with Gasteiger partial charge in [-0.1, -0.05) is 35.9 Å². The van der Waals surface area contributed by atoms with E-state index in [4.69, 9.17) is 25.8 Å². The Bertz CT molecular complexity index is 1160.